The summed E-state index contributed by atoms with van der Waals surface area (Å²) in [4.78, 5) is 13.8. The third kappa shape index (κ3) is 3.93. The molecule has 144 valence electrons. The van der Waals surface area contributed by atoms with E-state index < -0.39 is 10.0 Å². The summed E-state index contributed by atoms with van der Waals surface area (Å²) >= 11 is 1.52. The molecule has 0 aromatic heterocycles. The van der Waals surface area contributed by atoms with Crippen LogP contribution in [0.1, 0.15) is 22.3 Å². The van der Waals surface area contributed by atoms with Crippen LogP contribution in [-0.4, -0.2) is 32.8 Å². The number of anilines is 1. The smallest absolute Gasteiger partial charge is 0.232 e. The summed E-state index contributed by atoms with van der Waals surface area (Å²) in [7, 11) is -3.29. The molecule has 1 heterocycles. The van der Waals surface area contributed by atoms with Gasteiger partial charge in [0.05, 0.1) is 17.7 Å². The Bertz CT molecular complexity index is 1160. The maximum atomic E-state index is 12.7. The average molecular weight is 412 g/mol. The number of thioether (sulfide) groups is 1. The van der Waals surface area contributed by atoms with E-state index in [0.717, 1.165) is 28.7 Å². The van der Waals surface area contributed by atoms with Crippen molar-refractivity contribution in [2.45, 2.75) is 17.7 Å². The van der Waals surface area contributed by atoms with E-state index in [2.05, 4.69) is 24.3 Å². The molecule has 0 amide bonds. The number of hydrogen-bond acceptors (Lipinski definition) is 4. The van der Waals surface area contributed by atoms with Crippen molar-refractivity contribution in [1.29, 1.82) is 0 Å². The highest BCUT2D eigenvalue weighted by Gasteiger charge is 2.24. The third-order valence-electron chi connectivity index (χ3n) is 4.97. The van der Waals surface area contributed by atoms with Gasteiger partial charge in [0.15, 0.2) is 5.78 Å². The summed E-state index contributed by atoms with van der Waals surface area (Å²) in [6, 6.07) is 19.7. The predicted octanol–water partition coefficient (Wildman–Crippen LogP) is 4.53. The predicted molar refractivity (Wildman–Crippen MR) is 116 cm³/mol. The Morgan fingerprint density at radius 3 is 2.61 bits per heavy atom. The molecule has 6 heteroatoms. The normalized spacial score (nSPS) is 14.1. The first kappa shape index (κ1) is 19.0. The second-order valence-electron chi connectivity index (χ2n) is 7.00. The van der Waals surface area contributed by atoms with Crippen LogP contribution in [0, 0.1) is 0 Å². The van der Waals surface area contributed by atoms with Crippen LogP contribution in [0.3, 0.4) is 0 Å². The molecule has 4 nitrogen and oxygen atoms in total. The van der Waals surface area contributed by atoms with Crippen LogP contribution in [0.5, 0.6) is 0 Å². The van der Waals surface area contributed by atoms with Crippen LogP contribution < -0.4 is 4.31 Å². The minimum absolute atomic E-state index is 0.0532. The van der Waals surface area contributed by atoms with Crippen molar-refractivity contribution in [3.63, 3.8) is 0 Å². The first-order valence-electron chi connectivity index (χ1n) is 9.17. The molecule has 0 unspecified atom stereocenters. The highest BCUT2D eigenvalue weighted by atomic mass is 32.2. The number of fused-ring (bicyclic) bond motifs is 2. The summed E-state index contributed by atoms with van der Waals surface area (Å²) in [6.07, 6.45) is 2.78. The van der Waals surface area contributed by atoms with Crippen molar-refractivity contribution in [2.75, 3.05) is 22.9 Å². The summed E-state index contributed by atoms with van der Waals surface area (Å²) < 4.78 is 25.4. The summed E-state index contributed by atoms with van der Waals surface area (Å²) in [5, 5.41) is 2.35. The molecule has 0 fully saturated rings. The molecule has 3 aromatic carbocycles. The van der Waals surface area contributed by atoms with Crippen LogP contribution in [0.4, 0.5) is 5.69 Å². The van der Waals surface area contributed by atoms with E-state index in [4.69, 9.17) is 0 Å². The molecule has 0 saturated heterocycles. The van der Waals surface area contributed by atoms with Crippen molar-refractivity contribution >= 4 is 44.0 Å². The molecule has 0 aliphatic carbocycles. The lowest BCUT2D eigenvalue weighted by molar-refractivity contribution is 0.102. The van der Waals surface area contributed by atoms with Crippen LogP contribution >= 0.6 is 11.8 Å². The van der Waals surface area contributed by atoms with Crippen molar-refractivity contribution in [2.24, 2.45) is 0 Å². The Morgan fingerprint density at radius 1 is 1.04 bits per heavy atom. The van der Waals surface area contributed by atoms with Gasteiger partial charge in [-0.15, -0.1) is 11.8 Å². The molecule has 0 atom stereocenters. The summed E-state index contributed by atoms with van der Waals surface area (Å²) in [6.45, 7) is 0.497. The minimum atomic E-state index is -3.29. The SMILES string of the molecule is CS(=O)(=O)N1CCCc2cc(C(=O)CSc3ccc4ccccc4c3)ccc21. The zero-order valence-electron chi connectivity index (χ0n) is 15.6. The van der Waals surface area contributed by atoms with Crippen LogP contribution in [0.2, 0.25) is 0 Å². The van der Waals surface area contributed by atoms with Gasteiger partial charge in [0, 0.05) is 17.0 Å². The second kappa shape index (κ2) is 7.60. The molecule has 0 saturated carbocycles. The number of Topliss-reactive ketones (excluding diaryl/α,β-unsaturated/α-hetero) is 1. The van der Waals surface area contributed by atoms with E-state index >= 15 is 0 Å². The first-order valence-corrected chi connectivity index (χ1v) is 12.0. The fraction of sp³-hybridized carbons (Fsp3) is 0.227. The van der Waals surface area contributed by atoms with Gasteiger partial charge >= 0.3 is 0 Å². The number of hydrogen-bond donors (Lipinski definition) is 0. The number of sulfonamides is 1. The molecule has 3 aromatic rings. The molecule has 1 aliphatic heterocycles. The maximum Gasteiger partial charge on any atom is 0.232 e. The number of benzene rings is 3. The van der Waals surface area contributed by atoms with E-state index in [9.17, 15) is 13.2 Å². The number of nitrogens with zero attached hydrogens (tertiary/aromatic N) is 1. The average Bonchev–Trinajstić information content (AvgIpc) is 2.70. The molecular weight excluding hydrogens is 390 g/mol. The fourth-order valence-corrected chi connectivity index (χ4v) is 5.41. The largest absolute Gasteiger partial charge is 0.293 e. The van der Waals surface area contributed by atoms with Crippen molar-refractivity contribution in [3.05, 3.63) is 71.8 Å². The highest BCUT2D eigenvalue weighted by molar-refractivity contribution is 8.00. The lowest BCUT2D eigenvalue weighted by Gasteiger charge is -2.29. The van der Waals surface area contributed by atoms with E-state index in [-0.39, 0.29) is 5.78 Å². The van der Waals surface area contributed by atoms with Gasteiger partial charge in [-0.1, -0.05) is 30.3 Å². The molecule has 1 aliphatic rings. The van der Waals surface area contributed by atoms with Gasteiger partial charge in [-0.3, -0.25) is 9.10 Å². The molecule has 0 bridgehead atoms. The zero-order chi connectivity index (χ0) is 19.7. The van der Waals surface area contributed by atoms with Gasteiger partial charge < -0.3 is 0 Å². The third-order valence-corrected chi connectivity index (χ3v) is 7.14. The fourth-order valence-electron chi connectivity index (χ4n) is 3.57. The van der Waals surface area contributed by atoms with Crippen LogP contribution in [0.15, 0.2) is 65.6 Å². The van der Waals surface area contributed by atoms with Crippen molar-refractivity contribution in [3.8, 4) is 0 Å². The molecular formula is C22H21NO3S2. The van der Waals surface area contributed by atoms with Crippen molar-refractivity contribution in [1.82, 2.24) is 0 Å². The number of rotatable bonds is 5. The van der Waals surface area contributed by atoms with E-state index in [0.29, 0.717) is 23.5 Å². The molecule has 0 radical (unpaired) electrons. The van der Waals surface area contributed by atoms with Gasteiger partial charge in [-0.05, 0) is 59.5 Å². The molecule has 28 heavy (non-hydrogen) atoms. The Morgan fingerprint density at radius 2 is 1.82 bits per heavy atom. The number of aryl methyl sites for hydroxylation is 1. The summed E-state index contributed by atoms with van der Waals surface area (Å²) in [5.41, 5.74) is 2.27. The topological polar surface area (TPSA) is 54.5 Å². The van der Waals surface area contributed by atoms with Crippen LogP contribution in [-0.2, 0) is 16.4 Å². The Labute approximate surface area is 169 Å². The number of carbonyl (C=O) groups is 1. The first-order chi connectivity index (χ1) is 13.4. The van der Waals surface area contributed by atoms with E-state index in [1.54, 1.807) is 12.1 Å². The van der Waals surface area contributed by atoms with Crippen LogP contribution in [0.25, 0.3) is 10.8 Å². The minimum Gasteiger partial charge on any atom is -0.293 e. The monoisotopic (exact) mass is 411 g/mol. The number of carbonyl (C=O) groups excluding carboxylic acids is 1. The number of ketones is 1. The summed E-state index contributed by atoms with van der Waals surface area (Å²) in [5.74, 6) is 0.407. The van der Waals surface area contributed by atoms with Crippen molar-refractivity contribution < 1.29 is 13.2 Å². The molecule has 4 rings (SSSR count). The molecule has 0 spiro atoms. The maximum absolute atomic E-state index is 12.7. The second-order valence-corrected chi connectivity index (χ2v) is 9.96. The standard InChI is InChI=1S/C22H21NO3S2/c1-28(25,26)23-12-4-7-18-13-19(9-11-21(18)23)22(24)15-27-20-10-8-16-5-2-3-6-17(16)14-20/h2-3,5-6,8-11,13-14H,4,7,12,15H2,1H3. The Kier molecular flexibility index (Phi) is 5.17. The van der Waals surface area contributed by atoms with E-state index in [1.165, 1.54) is 27.7 Å². The Balaban J connectivity index is 1.50. The van der Waals surface area contributed by atoms with Gasteiger partial charge in [0.2, 0.25) is 10.0 Å². The quantitative estimate of drug-likeness (QED) is 0.457. The van der Waals surface area contributed by atoms with Gasteiger partial charge in [-0.25, -0.2) is 8.42 Å². The Hall–Kier alpha value is -2.31. The van der Waals surface area contributed by atoms with Gasteiger partial charge in [-0.2, -0.15) is 0 Å². The van der Waals surface area contributed by atoms with Gasteiger partial charge in [0.1, 0.15) is 0 Å². The lowest BCUT2D eigenvalue weighted by atomic mass is 9.99. The molecule has 0 N–H and O–H groups in total. The zero-order valence-corrected chi connectivity index (χ0v) is 17.2. The van der Waals surface area contributed by atoms with Gasteiger partial charge in [0.25, 0.3) is 0 Å². The van der Waals surface area contributed by atoms with E-state index in [1.807, 2.05) is 24.3 Å². The highest BCUT2D eigenvalue weighted by Crippen LogP contribution is 2.31. The lowest BCUT2D eigenvalue weighted by Crippen LogP contribution is -2.34.